The van der Waals surface area contributed by atoms with Crippen molar-refractivity contribution in [2.24, 2.45) is 11.7 Å². The van der Waals surface area contributed by atoms with Gasteiger partial charge in [0, 0.05) is 44.7 Å². The number of amides is 2. The summed E-state index contributed by atoms with van der Waals surface area (Å²) in [4.78, 5) is 42.0. The number of phenolic OH excluding ortho intramolecular Hbond substituents is 1. The number of hydrogen-bond acceptors (Lipinski definition) is 10. The van der Waals surface area contributed by atoms with E-state index < -0.39 is 41.1 Å². The number of nitrogens with two attached hydrogens (primary N) is 1. The summed E-state index contributed by atoms with van der Waals surface area (Å²) in [5.74, 6) is -1.25. The third kappa shape index (κ3) is 8.25. The first-order valence-corrected chi connectivity index (χ1v) is 15.8. The van der Waals surface area contributed by atoms with Crippen molar-refractivity contribution in [3.63, 3.8) is 0 Å². The van der Waals surface area contributed by atoms with Gasteiger partial charge in [-0.1, -0.05) is 6.92 Å². The van der Waals surface area contributed by atoms with Gasteiger partial charge >= 0.3 is 12.1 Å². The van der Waals surface area contributed by atoms with E-state index in [0.717, 1.165) is 0 Å². The van der Waals surface area contributed by atoms with E-state index in [0.29, 0.717) is 75.3 Å². The van der Waals surface area contributed by atoms with Crippen molar-refractivity contribution < 1.29 is 43.9 Å². The van der Waals surface area contributed by atoms with Crippen molar-refractivity contribution in [2.75, 3.05) is 45.9 Å². The number of carbonyl (C=O) groups excluding carboxylic acids is 2. The first-order valence-electron chi connectivity index (χ1n) is 15.8. The summed E-state index contributed by atoms with van der Waals surface area (Å²) in [6.45, 7) is 11.4. The monoisotopic (exact) mass is 634 g/mol. The van der Waals surface area contributed by atoms with Crippen LogP contribution < -0.4 is 11.1 Å². The Kier molecular flexibility index (Phi) is 10.7. The Morgan fingerprint density at radius 2 is 1.89 bits per heavy atom. The molecule has 0 aromatic heterocycles. The fourth-order valence-corrected chi connectivity index (χ4v) is 6.70. The third-order valence-corrected chi connectivity index (χ3v) is 9.43. The molecule has 3 fully saturated rings. The van der Waals surface area contributed by atoms with Crippen LogP contribution in [0.25, 0.3) is 0 Å². The van der Waals surface area contributed by atoms with Gasteiger partial charge in [0.1, 0.15) is 5.75 Å². The fourth-order valence-electron chi connectivity index (χ4n) is 6.70. The zero-order chi connectivity index (χ0) is 33.2. The molecule has 5 atom stereocenters. The smallest absolute Gasteiger partial charge is 0.411 e. The number of ether oxygens (including phenoxy) is 3. The lowest BCUT2D eigenvalue weighted by Gasteiger charge is -2.47. The van der Waals surface area contributed by atoms with Gasteiger partial charge in [0.15, 0.2) is 11.3 Å². The van der Waals surface area contributed by atoms with Crippen LogP contribution in [-0.2, 0) is 19.0 Å². The first kappa shape index (κ1) is 34.9. The minimum absolute atomic E-state index is 0.0150. The normalized spacial score (nSPS) is 28.2. The van der Waals surface area contributed by atoms with Gasteiger partial charge < -0.3 is 39.7 Å². The summed E-state index contributed by atoms with van der Waals surface area (Å²) < 4.78 is 17.6. The zero-order valence-electron chi connectivity index (χ0n) is 27.1. The average molecular weight is 635 g/mol. The number of carbonyl (C=O) groups is 3. The maximum Gasteiger partial charge on any atom is 0.411 e. The Hall–Kier alpha value is -2.97. The number of carboxylic acid groups (broad SMARTS) is 1. The summed E-state index contributed by atoms with van der Waals surface area (Å²) in [6, 6.07) is 3.18. The van der Waals surface area contributed by atoms with E-state index in [9.17, 15) is 29.7 Å². The number of aliphatic carboxylic acids is 1. The van der Waals surface area contributed by atoms with Crippen LogP contribution in [0.2, 0.25) is 0 Å². The highest BCUT2D eigenvalue weighted by Crippen LogP contribution is 2.39. The predicted molar refractivity (Wildman–Crippen MR) is 165 cm³/mol. The van der Waals surface area contributed by atoms with Gasteiger partial charge in [-0.3, -0.25) is 15.4 Å². The molecule has 4 unspecified atom stereocenters. The van der Waals surface area contributed by atoms with Crippen molar-refractivity contribution >= 4 is 18.0 Å². The van der Waals surface area contributed by atoms with E-state index in [-0.39, 0.29) is 37.0 Å². The predicted octanol–water partition coefficient (Wildman–Crippen LogP) is 2.13. The zero-order valence-corrected chi connectivity index (χ0v) is 27.1. The molecule has 252 valence electrons. The molecular weight excluding hydrogens is 584 g/mol. The van der Waals surface area contributed by atoms with Crippen LogP contribution in [-0.4, -0.2) is 118 Å². The number of carboxylic acids is 1. The number of aliphatic hydroxyl groups excluding tert-OH is 1. The molecule has 1 aromatic rings. The maximum absolute atomic E-state index is 12.7. The Bertz CT molecular complexity index is 1230. The Morgan fingerprint density at radius 3 is 2.53 bits per heavy atom. The van der Waals surface area contributed by atoms with Crippen LogP contribution in [0.3, 0.4) is 0 Å². The van der Waals surface area contributed by atoms with Crippen molar-refractivity contribution in [3.8, 4) is 5.75 Å². The van der Waals surface area contributed by atoms with E-state index in [4.69, 9.17) is 19.9 Å². The number of rotatable bonds is 10. The molecule has 0 radical (unpaired) electrons. The maximum atomic E-state index is 12.7. The van der Waals surface area contributed by atoms with Crippen molar-refractivity contribution in [1.82, 2.24) is 15.1 Å². The SMILES string of the molecule is Cc1cc(C(=O)NCC(O)C[C@@H]2OC(CCN3CCOCC34CCN(C(=O)OC(C)(C)N)C4)(C(=O)O)CCC2C)cc(C)c1O. The number of hydrogen-bond donors (Lipinski definition) is 5. The summed E-state index contributed by atoms with van der Waals surface area (Å²) >= 11 is 0. The molecule has 6 N–H and O–H groups in total. The second-order valence-corrected chi connectivity index (χ2v) is 13.7. The number of nitrogens with zero attached hydrogens (tertiary/aromatic N) is 2. The van der Waals surface area contributed by atoms with Gasteiger partial charge in [0.25, 0.3) is 5.91 Å². The lowest BCUT2D eigenvalue weighted by atomic mass is 9.81. The quantitative estimate of drug-likeness (QED) is 0.238. The lowest BCUT2D eigenvalue weighted by Crippen LogP contribution is -2.60. The molecule has 45 heavy (non-hydrogen) atoms. The fraction of sp³-hybridized carbons (Fsp3) is 0.719. The first-order chi connectivity index (χ1) is 21.0. The minimum Gasteiger partial charge on any atom is -0.507 e. The van der Waals surface area contributed by atoms with Gasteiger partial charge in [0.2, 0.25) is 0 Å². The van der Waals surface area contributed by atoms with Crippen molar-refractivity contribution in [3.05, 3.63) is 28.8 Å². The van der Waals surface area contributed by atoms with E-state index in [1.165, 1.54) is 0 Å². The third-order valence-electron chi connectivity index (χ3n) is 9.43. The standard InChI is InChI=1S/C32H50N4O9/c1-20-6-7-32(28(40)41,44-25(20)16-24(37)17-34-27(39)23-14-21(2)26(38)22(3)15-23)9-11-36-12-13-43-19-31(36)8-10-35(18-31)29(42)45-30(4,5)33/h14-15,20,24-25,37-38H,6-13,16-19,33H2,1-5H3,(H,34,39)(H,40,41)/t20?,24?,25-,31?,32?/m0/s1. The number of likely N-dealkylation sites (tertiary alicyclic amines) is 1. The molecule has 0 bridgehead atoms. The summed E-state index contributed by atoms with van der Waals surface area (Å²) in [5.41, 5.74) is 4.45. The highest BCUT2D eigenvalue weighted by molar-refractivity contribution is 5.94. The highest BCUT2D eigenvalue weighted by Gasteiger charge is 2.50. The van der Waals surface area contributed by atoms with Gasteiger partial charge in [0.05, 0.1) is 31.0 Å². The molecule has 3 saturated heterocycles. The molecule has 1 aromatic carbocycles. The molecule has 1 spiro atoms. The van der Waals surface area contributed by atoms with Gasteiger partial charge in [-0.2, -0.15) is 0 Å². The highest BCUT2D eigenvalue weighted by atomic mass is 16.6. The number of morpholine rings is 1. The number of aromatic hydroxyl groups is 1. The molecule has 4 rings (SSSR count). The average Bonchev–Trinajstić information content (AvgIpc) is 3.39. The topological polar surface area (TPSA) is 184 Å². The van der Waals surface area contributed by atoms with Crippen molar-refractivity contribution in [2.45, 2.75) is 95.8 Å². The molecular formula is C32H50N4O9. The molecule has 0 aliphatic carbocycles. The molecule has 13 heteroatoms. The van der Waals surface area contributed by atoms with Crippen LogP contribution in [0.15, 0.2) is 12.1 Å². The van der Waals surface area contributed by atoms with E-state index >= 15 is 0 Å². The number of benzene rings is 1. The second-order valence-electron chi connectivity index (χ2n) is 13.7. The molecule has 13 nitrogen and oxygen atoms in total. The van der Waals surface area contributed by atoms with Crippen LogP contribution >= 0.6 is 0 Å². The second kappa shape index (κ2) is 13.8. The summed E-state index contributed by atoms with van der Waals surface area (Å²) in [7, 11) is 0. The molecule has 3 aliphatic heterocycles. The van der Waals surface area contributed by atoms with Crippen molar-refractivity contribution in [1.29, 1.82) is 0 Å². The number of nitrogens with one attached hydrogen (secondary N) is 1. The molecule has 3 heterocycles. The Labute approximate surface area is 265 Å². The number of aryl methyl sites for hydroxylation is 2. The summed E-state index contributed by atoms with van der Waals surface area (Å²) in [5, 5.41) is 34.0. The van der Waals surface area contributed by atoms with E-state index in [1.54, 1.807) is 44.7 Å². The van der Waals surface area contributed by atoms with Gasteiger partial charge in [-0.25, -0.2) is 9.59 Å². The number of aliphatic hydroxyl groups is 1. The van der Waals surface area contributed by atoms with E-state index in [2.05, 4.69) is 10.2 Å². The molecule has 0 saturated carbocycles. The Balaban J connectivity index is 1.37. The largest absolute Gasteiger partial charge is 0.507 e. The lowest BCUT2D eigenvalue weighted by molar-refractivity contribution is -0.199. The van der Waals surface area contributed by atoms with Crippen LogP contribution in [0, 0.1) is 19.8 Å². The Morgan fingerprint density at radius 1 is 1.20 bits per heavy atom. The van der Waals surface area contributed by atoms with Gasteiger partial charge in [-0.15, -0.1) is 0 Å². The number of phenols is 1. The van der Waals surface area contributed by atoms with Gasteiger partial charge in [-0.05, 0) is 82.6 Å². The van der Waals surface area contributed by atoms with Crippen LogP contribution in [0.4, 0.5) is 4.79 Å². The van der Waals surface area contributed by atoms with Crippen LogP contribution in [0.5, 0.6) is 5.75 Å². The minimum atomic E-state index is -1.43. The summed E-state index contributed by atoms with van der Waals surface area (Å²) in [6.07, 6.45) is 0.0704. The molecule has 3 aliphatic rings. The molecule has 2 amide bonds. The van der Waals surface area contributed by atoms with Crippen LogP contribution in [0.1, 0.15) is 74.4 Å². The van der Waals surface area contributed by atoms with E-state index in [1.807, 2.05) is 6.92 Å².